The molecule has 22 heavy (non-hydrogen) atoms. The minimum Gasteiger partial charge on any atom is -0.348 e. The van der Waals surface area contributed by atoms with Crippen molar-refractivity contribution < 1.29 is 0 Å². The number of aromatic amines is 1. The number of H-pyrrole nitrogens is 1. The van der Waals surface area contributed by atoms with Crippen LogP contribution < -0.4 is 0 Å². The summed E-state index contributed by atoms with van der Waals surface area (Å²) in [6.45, 7) is 5.95. The molecule has 5 fully saturated rings. The van der Waals surface area contributed by atoms with Crippen molar-refractivity contribution >= 4 is 0 Å². The summed E-state index contributed by atoms with van der Waals surface area (Å²) in [5, 5.41) is 0. The lowest BCUT2D eigenvalue weighted by molar-refractivity contribution is -0.102. The standard InChI is InChI=1S/C18H28N4/c1-2-20-17(19-1)13-21-3-5-22(6-4-21)18-10-14-7-15(11-18)9-16(8-14)12-18/h1-2,14-16H,3-13H2,(H,19,20). The topological polar surface area (TPSA) is 35.2 Å². The molecule has 0 spiro atoms. The minimum absolute atomic E-state index is 0.603. The highest BCUT2D eigenvalue weighted by Crippen LogP contribution is 2.57. The van der Waals surface area contributed by atoms with Gasteiger partial charge in [0.1, 0.15) is 5.82 Å². The first-order valence-corrected chi connectivity index (χ1v) is 9.25. The van der Waals surface area contributed by atoms with Gasteiger partial charge in [-0.05, 0) is 56.3 Å². The smallest absolute Gasteiger partial charge is 0.120 e. The zero-order valence-corrected chi connectivity index (χ0v) is 13.5. The molecule has 4 aliphatic carbocycles. The molecule has 0 aromatic carbocycles. The summed E-state index contributed by atoms with van der Waals surface area (Å²) in [4.78, 5) is 13.1. The monoisotopic (exact) mass is 300 g/mol. The fourth-order valence-corrected chi connectivity index (χ4v) is 6.43. The zero-order chi connectivity index (χ0) is 14.6. The lowest BCUT2D eigenvalue weighted by atomic mass is 9.52. The molecule has 1 aromatic heterocycles. The fraction of sp³-hybridized carbons (Fsp3) is 0.833. The zero-order valence-electron chi connectivity index (χ0n) is 13.5. The highest BCUT2D eigenvalue weighted by molar-refractivity contribution is 5.08. The summed E-state index contributed by atoms with van der Waals surface area (Å²) >= 11 is 0. The van der Waals surface area contributed by atoms with E-state index < -0.39 is 0 Å². The largest absolute Gasteiger partial charge is 0.348 e. The summed E-state index contributed by atoms with van der Waals surface area (Å²) in [5.74, 6) is 4.30. The Balaban J connectivity index is 1.24. The van der Waals surface area contributed by atoms with Gasteiger partial charge in [-0.25, -0.2) is 4.98 Å². The Morgan fingerprint density at radius 3 is 2.18 bits per heavy atom. The van der Waals surface area contributed by atoms with Gasteiger partial charge in [0.25, 0.3) is 0 Å². The van der Waals surface area contributed by atoms with Crippen LogP contribution in [-0.4, -0.2) is 51.5 Å². The van der Waals surface area contributed by atoms with Crippen molar-refractivity contribution in [2.45, 2.75) is 50.6 Å². The first kappa shape index (κ1) is 13.6. The van der Waals surface area contributed by atoms with Crippen molar-refractivity contribution in [1.29, 1.82) is 0 Å². The summed E-state index contributed by atoms with van der Waals surface area (Å²) in [5.41, 5.74) is 0.603. The van der Waals surface area contributed by atoms with Crippen LogP contribution in [0.15, 0.2) is 12.4 Å². The quantitative estimate of drug-likeness (QED) is 0.931. The SMILES string of the molecule is c1c[nH]c(CN2CCN(C34CC5CC(CC(C5)C3)C4)CC2)n1. The van der Waals surface area contributed by atoms with Gasteiger partial charge in [-0.1, -0.05) is 0 Å². The summed E-state index contributed by atoms with van der Waals surface area (Å²) in [7, 11) is 0. The van der Waals surface area contributed by atoms with E-state index >= 15 is 0 Å². The van der Waals surface area contributed by atoms with Gasteiger partial charge >= 0.3 is 0 Å². The number of rotatable bonds is 3. The highest BCUT2D eigenvalue weighted by Gasteiger charge is 2.53. The van der Waals surface area contributed by atoms with Crippen LogP contribution in [0.4, 0.5) is 0 Å². The summed E-state index contributed by atoms with van der Waals surface area (Å²) < 4.78 is 0. The fourth-order valence-electron chi connectivity index (χ4n) is 6.43. The van der Waals surface area contributed by atoms with E-state index in [1.54, 1.807) is 19.3 Å². The Hall–Kier alpha value is -0.870. The molecule has 5 aliphatic rings. The van der Waals surface area contributed by atoms with Gasteiger partial charge in [0.15, 0.2) is 0 Å². The van der Waals surface area contributed by atoms with Crippen LogP contribution in [0, 0.1) is 17.8 Å². The van der Waals surface area contributed by atoms with E-state index in [2.05, 4.69) is 19.8 Å². The van der Waals surface area contributed by atoms with Crippen molar-refractivity contribution in [1.82, 2.24) is 19.8 Å². The van der Waals surface area contributed by atoms with Crippen LogP contribution in [0.3, 0.4) is 0 Å². The Morgan fingerprint density at radius 2 is 1.64 bits per heavy atom. The predicted octanol–water partition coefficient (Wildman–Crippen LogP) is 2.50. The third-order valence-electron chi connectivity index (χ3n) is 6.98. The Bertz CT molecular complexity index is 480. The molecule has 0 unspecified atom stereocenters. The summed E-state index contributed by atoms with van der Waals surface area (Å²) in [6.07, 6.45) is 13.0. The van der Waals surface area contributed by atoms with Gasteiger partial charge in [0.05, 0.1) is 6.54 Å². The maximum absolute atomic E-state index is 4.37. The molecule has 0 radical (unpaired) electrons. The van der Waals surface area contributed by atoms with Crippen molar-refractivity contribution in [2.75, 3.05) is 26.2 Å². The first-order chi connectivity index (χ1) is 10.8. The van der Waals surface area contributed by atoms with E-state index in [9.17, 15) is 0 Å². The van der Waals surface area contributed by atoms with Crippen LogP contribution in [0.5, 0.6) is 0 Å². The maximum Gasteiger partial charge on any atom is 0.120 e. The van der Waals surface area contributed by atoms with Crippen molar-refractivity contribution in [2.24, 2.45) is 17.8 Å². The predicted molar refractivity (Wildman–Crippen MR) is 86.3 cm³/mol. The van der Waals surface area contributed by atoms with E-state index in [1.807, 2.05) is 12.4 Å². The number of nitrogens with zero attached hydrogens (tertiary/aromatic N) is 3. The Kier molecular flexibility index (Phi) is 3.12. The molecule has 1 aliphatic heterocycles. The highest BCUT2D eigenvalue weighted by atomic mass is 15.3. The van der Waals surface area contributed by atoms with Gasteiger partial charge < -0.3 is 4.98 Å². The van der Waals surface area contributed by atoms with E-state index in [0.717, 1.165) is 30.1 Å². The van der Waals surface area contributed by atoms with Crippen molar-refractivity contribution in [3.8, 4) is 0 Å². The summed E-state index contributed by atoms with van der Waals surface area (Å²) in [6, 6.07) is 0. The van der Waals surface area contributed by atoms with Crippen LogP contribution in [-0.2, 0) is 6.54 Å². The average Bonchev–Trinajstić information content (AvgIpc) is 2.99. The molecule has 2 heterocycles. The van der Waals surface area contributed by atoms with Crippen molar-refractivity contribution in [3.05, 3.63) is 18.2 Å². The molecule has 4 heteroatoms. The van der Waals surface area contributed by atoms with Crippen molar-refractivity contribution in [3.63, 3.8) is 0 Å². The molecular formula is C18H28N4. The lowest BCUT2D eigenvalue weighted by Crippen LogP contribution is -2.63. The second-order valence-electron chi connectivity index (χ2n) is 8.44. The van der Waals surface area contributed by atoms with Crippen LogP contribution >= 0.6 is 0 Å². The van der Waals surface area contributed by atoms with Gasteiger partial charge in [-0.15, -0.1) is 0 Å². The number of imidazole rings is 1. The van der Waals surface area contributed by atoms with Gasteiger partial charge in [0.2, 0.25) is 0 Å². The van der Waals surface area contributed by atoms with Crippen LogP contribution in [0.25, 0.3) is 0 Å². The number of aromatic nitrogens is 2. The number of piperazine rings is 1. The molecule has 0 atom stereocenters. The second kappa shape index (κ2) is 5.07. The maximum atomic E-state index is 4.37. The third-order valence-corrected chi connectivity index (χ3v) is 6.98. The molecule has 0 amide bonds. The molecule has 1 saturated heterocycles. The minimum atomic E-state index is 0.603. The van der Waals surface area contributed by atoms with Gasteiger partial charge in [-0.2, -0.15) is 0 Å². The van der Waals surface area contributed by atoms with Crippen LogP contribution in [0.2, 0.25) is 0 Å². The third kappa shape index (κ3) is 2.23. The Morgan fingerprint density at radius 1 is 1.00 bits per heavy atom. The molecule has 120 valence electrons. The Labute approximate surface area is 133 Å². The molecule has 1 N–H and O–H groups in total. The first-order valence-electron chi connectivity index (χ1n) is 9.25. The molecule has 4 nitrogen and oxygen atoms in total. The normalized spacial score (nSPS) is 42.1. The lowest BCUT2D eigenvalue weighted by Gasteiger charge is -2.61. The van der Waals surface area contributed by atoms with Gasteiger partial charge in [-0.3, -0.25) is 9.80 Å². The van der Waals surface area contributed by atoms with E-state index in [1.165, 1.54) is 45.4 Å². The van der Waals surface area contributed by atoms with E-state index in [0.29, 0.717) is 5.54 Å². The molecule has 4 saturated carbocycles. The van der Waals surface area contributed by atoms with E-state index in [-0.39, 0.29) is 0 Å². The molecule has 4 bridgehead atoms. The molecule has 1 aromatic rings. The second-order valence-corrected chi connectivity index (χ2v) is 8.44. The number of hydrogen-bond acceptors (Lipinski definition) is 3. The van der Waals surface area contributed by atoms with E-state index in [4.69, 9.17) is 0 Å². The number of hydrogen-bond donors (Lipinski definition) is 1. The average molecular weight is 300 g/mol. The number of nitrogens with one attached hydrogen (secondary N) is 1. The molecule has 6 rings (SSSR count). The molecular weight excluding hydrogens is 272 g/mol. The van der Waals surface area contributed by atoms with Crippen LogP contribution in [0.1, 0.15) is 44.3 Å². The van der Waals surface area contributed by atoms with Gasteiger partial charge in [0, 0.05) is 44.1 Å².